The average Bonchev–Trinajstić information content (AvgIpc) is 2.65. The Bertz CT molecular complexity index is 912. The largest absolute Gasteiger partial charge is 0.370 e. The van der Waals surface area contributed by atoms with Crippen molar-refractivity contribution < 1.29 is 4.79 Å². The maximum Gasteiger partial charge on any atom is 0.326 e. The predicted octanol–water partition coefficient (Wildman–Crippen LogP) is 3.64. The van der Waals surface area contributed by atoms with Gasteiger partial charge < -0.3 is 15.5 Å². The first-order valence-electron chi connectivity index (χ1n) is 8.88. The number of amides is 2. The lowest BCUT2D eigenvalue weighted by molar-refractivity contribution is 0.262. The van der Waals surface area contributed by atoms with Crippen molar-refractivity contribution in [3.63, 3.8) is 0 Å². The molecule has 0 saturated heterocycles. The van der Waals surface area contributed by atoms with Gasteiger partial charge in [0.05, 0.1) is 0 Å². The van der Waals surface area contributed by atoms with Gasteiger partial charge in [-0.3, -0.25) is 5.32 Å². The van der Waals surface area contributed by atoms with Crippen molar-refractivity contribution in [1.82, 2.24) is 14.9 Å². The third-order valence-corrected chi connectivity index (χ3v) is 3.98. The number of benzene rings is 2. The van der Waals surface area contributed by atoms with E-state index in [0.29, 0.717) is 11.5 Å². The summed E-state index contributed by atoms with van der Waals surface area (Å²) in [7, 11) is 4.09. The number of nitrogens with one attached hydrogen (secondary N) is 3. The van der Waals surface area contributed by atoms with Crippen LogP contribution in [-0.2, 0) is 0 Å². The minimum atomic E-state index is -0.380. The Morgan fingerprint density at radius 3 is 2.67 bits per heavy atom. The summed E-state index contributed by atoms with van der Waals surface area (Å²) in [6, 6.07) is 15.2. The van der Waals surface area contributed by atoms with Crippen molar-refractivity contribution in [1.29, 1.82) is 0 Å². The fourth-order valence-electron chi connectivity index (χ4n) is 2.66. The molecule has 1 aromatic heterocycles. The van der Waals surface area contributed by atoms with Gasteiger partial charge in [-0.2, -0.15) is 4.98 Å². The van der Waals surface area contributed by atoms with Crippen LogP contribution in [0.3, 0.4) is 0 Å². The van der Waals surface area contributed by atoms with E-state index in [4.69, 9.17) is 0 Å². The van der Waals surface area contributed by atoms with Gasteiger partial charge in [0.15, 0.2) is 0 Å². The molecule has 0 atom stereocenters. The van der Waals surface area contributed by atoms with E-state index >= 15 is 0 Å². The minimum Gasteiger partial charge on any atom is -0.370 e. The molecule has 2 amide bonds. The number of hydrogen-bond donors (Lipinski definition) is 3. The van der Waals surface area contributed by atoms with Crippen LogP contribution in [0.15, 0.2) is 54.7 Å². The summed E-state index contributed by atoms with van der Waals surface area (Å²) in [5.74, 6) is 0.940. The third kappa shape index (κ3) is 5.65. The van der Waals surface area contributed by atoms with Crippen LogP contribution < -0.4 is 16.0 Å². The van der Waals surface area contributed by atoms with Crippen molar-refractivity contribution in [2.24, 2.45) is 0 Å². The first-order valence-corrected chi connectivity index (χ1v) is 8.88. The van der Waals surface area contributed by atoms with Gasteiger partial charge in [0.25, 0.3) is 0 Å². The van der Waals surface area contributed by atoms with Crippen LogP contribution in [0.4, 0.5) is 22.2 Å². The summed E-state index contributed by atoms with van der Waals surface area (Å²) in [5, 5.41) is 10.9. The van der Waals surface area contributed by atoms with Crippen LogP contribution in [0.25, 0.3) is 10.8 Å². The fraction of sp³-hybridized carbons (Fsp3) is 0.250. The summed E-state index contributed by atoms with van der Waals surface area (Å²) in [6.45, 7) is 1.80. The van der Waals surface area contributed by atoms with Gasteiger partial charge in [-0.25, -0.2) is 9.78 Å². The molecule has 1 heterocycles. The molecule has 0 saturated carbocycles. The zero-order valence-electron chi connectivity index (χ0n) is 15.6. The Labute approximate surface area is 158 Å². The number of rotatable bonds is 7. The molecule has 0 aliphatic carbocycles. The van der Waals surface area contributed by atoms with Gasteiger partial charge in [0.2, 0.25) is 5.95 Å². The van der Waals surface area contributed by atoms with E-state index in [9.17, 15) is 4.79 Å². The quantitative estimate of drug-likeness (QED) is 0.558. The number of carbonyl (C=O) groups is 1. The zero-order valence-corrected chi connectivity index (χ0v) is 15.6. The number of urea groups is 1. The van der Waals surface area contributed by atoms with Crippen LogP contribution in [-0.4, -0.2) is 48.1 Å². The third-order valence-electron chi connectivity index (χ3n) is 3.98. The Hall–Kier alpha value is -3.19. The van der Waals surface area contributed by atoms with E-state index in [1.165, 1.54) is 0 Å². The molecule has 140 valence electrons. The van der Waals surface area contributed by atoms with Crippen LogP contribution in [0.5, 0.6) is 0 Å². The van der Waals surface area contributed by atoms with Crippen LogP contribution in [0.1, 0.15) is 6.42 Å². The lowest BCUT2D eigenvalue weighted by Gasteiger charge is -2.11. The molecule has 3 N–H and O–H groups in total. The van der Waals surface area contributed by atoms with Gasteiger partial charge >= 0.3 is 6.03 Å². The molecule has 3 rings (SSSR count). The summed E-state index contributed by atoms with van der Waals surface area (Å²) < 4.78 is 0. The molecule has 7 nitrogen and oxygen atoms in total. The molecular weight excluding hydrogens is 340 g/mol. The number of anilines is 3. The predicted molar refractivity (Wildman–Crippen MR) is 110 cm³/mol. The van der Waals surface area contributed by atoms with Gasteiger partial charge in [-0.05, 0) is 56.0 Å². The van der Waals surface area contributed by atoms with Gasteiger partial charge in [-0.1, -0.05) is 30.3 Å². The second kappa shape index (κ2) is 8.95. The Morgan fingerprint density at radius 1 is 1.04 bits per heavy atom. The SMILES string of the molecule is CN(C)CCCNc1ccnc(NC(=O)Nc2ccc3ccccc3c2)n1. The molecule has 2 aromatic carbocycles. The molecule has 7 heteroatoms. The molecular formula is C20H24N6O. The average molecular weight is 364 g/mol. The molecule has 0 spiro atoms. The molecule has 27 heavy (non-hydrogen) atoms. The van der Waals surface area contributed by atoms with E-state index < -0.39 is 0 Å². The Morgan fingerprint density at radius 2 is 1.85 bits per heavy atom. The molecule has 0 aliphatic rings. The van der Waals surface area contributed by atoms with E-state index in [2.05, 4.69) is 30.8 Å². The van der Waals surface area contributed by atoms with E-state index in [0.717, 1.165) is 30.3 Å². The van der Waals surface area contributed by atoms with Crippen molar-refractivity contribution in [3.05, 3.63) is 54.7 Å². The standard InChI is InChI=1S/C20H24N6O/c1-26(2)13-5-11-21-18-10-12-22-19(24-18)25-20(27)23-17-9-8-15-6-3-4-7-16(15)14-17/h3-4,6-10,12,14H,5,11,13H2,1-2H3,(H3,21,22,23,24,25,27). The first-order chi connectivity index (χ1) is 13.1. The van der Waals surface area contributed by atoms with Gasteiger partial charge in [0, 0.05) is 18.4 Å². The molecule has 0 fully saturated rings. The molecule has 0 aliphatic heterocycles. The van der Waals surface area contributed by atoms with Crippen LogP contribution >= 0.6 is 0 Å². The summed E-state index contributed by atoms with van der Waals surface area (Å²) in [6.07, 6.45) is 2.62. The number of hydrogen-bond acceptors (Lipinski definition) is 5. The lowest BCUT2D eigenvalue weighted by Crippen LogP contribution is -2.21. The monoisotopic (exact) mass is 364 g/mol. The highest BCUT2D eigenvalue weighted by molar-refractivity contribution is 6.00. The highest BCUT2D eigenvalue weighted by Crippen LogP contribution is 2.19. The molecule has 3 aromatic rings. The van der Waals surface area contributed by atoms with Gasteiger partial charge in [-0.15, -0.1) is 0 Å². The highest BCUT2D eigenvalue weighted by atomic mass is 16.2. The van der Waals surface area contributed by atoms with Crippen molar-refractivity contribution >= 4 is 34.3 Å². The normalized spacial score (nSPS) is 10.8. The zero-order chi connectivity index (χ0) is 19.1. The Balaban J connectivity index is 1.56. The van der Waals surface area contributed by atoms with Crippen LogP contribution in [0.2, 0.25) is 0 Å². The summed E-state index contributed by atoms with van der Waals surface area (Å²) in [4.78, 5) is 22.8. The molecule has 0 unspecified atom stereocenters. The van der Waals surface area contributed by atoms with E-state index in [-0.39, 0.29) is 12.0 Å². The Kier molecular flexibility index (Phi) is 6.17. The lowest BCUT2D eigenvalue weighted by atomic mass is 10.1. The van der Waals surface area contributed by atoms with Gasteiger partial charge in [0.1, 0.15) is 5.82 Å². The van der Waals surface area contributed by atoms with Crippen molar-refractivity contribution in [3.8, 4) is 0 Å². The summed E-state index contributed by atoms with van der Waals surface area (Å²) in [5.41, 5.74) is 0.712. The maximum absolute atomic E-state index is 12.2. The topological polar surface area (TPSA) is 82.2 Å². The second-order valence-corrected chi connectivity index (χ2v) is 6.49. The number of aromatic nitrogens is 2. The molecule has 0 radical (unpaired) electrons. The van der Waals surface area contributed by atoms with E-state index in [1.54, 1.807) is 12.3 Å². The summed E-state index contributed by atoms with van der Waals surface area (Å²) >= 11 is 0. The maximum atomic E-state index is 12.2. The van der Waals surface area contributed by atoms with Crippen molar-refractivity contribution in [2.75, 3.05) is 43.1 Å². The number of nitrogens with zero attached hydrogens (tertiary/aromatic N) is 3. The second-order valence-electron chi connectivity index (χ2n) is 6.49. The molecule has 0 bridgehead atoms. The first kappa shape index (κ1) is 18.6. The van der Waals surface area contributed by atoms with Crippen LogP contribution in [0, 0.1) is 0 Å². The highest BCUT2D eigenvalue weighted by Gasteiger charge is 2.06. The number of carbonyl (C=O) groups excluding carboxylic acids is 1. The van der Waals surface area contributed by atoms with Crippen molar-refractivity contribution in [2.45, 2.75) is 6.42 Å². The smallest absolute Gasteiger partial charge is 0.326 e. The minimum absolute atomic E-state index is 0.255. The fourth-order valence-corrected chi connectivity index (χ4v) is 2.66. The van der Waals surface area contributed by atoms with E-state index in [1.807, 2.05) is 56.6 Å². The number of fused-ring (bicyclic) bond motifs is 1.